The van der Waals surface area contributed by atoms with E-state index in [0.717, 1.165) is 16.9 Å². The Morgan fingerprint density at radius 3 is 2.46 bits per heavy atom. The van der Waals surface area contributed by atoms with E-state index in [0.29, 0.717) is 16.3 Å². The van der Waals surface area contributed by atoms with Gasteiger partial charge in [-0.1, -0.05) is 23.7 Å². The van der Waals surface area contributed by atoms with Crippen LogP contribution < -0.4 is 10.3 Å². The number of nitrogens with zero attached hydrogens (tertiary/aromatic N) is 1. The third kappa shape index (κ3) is 3.03. The van der Waals surface area contributed by atoms with Gasteiger partial charge in [0.05, 0.1) is 7.11 Å². The minimum Gasteiger partial charge on any atom is -0.497 e. The monoisotopic (exact) mass is 336 g/mol. The molecule has 0 fully saturated rings. The summed E-state index contributed by atoms with van der Waals surface area (Å²) >= 11 is 6.04. The molecule has 0 atom stereocenters. The van der Waals surface area contributed by atoms with Gasteiger partial charge in [0, 0.05) is 16.3 Å². The molecule has 3 rings (SSSR count). The number of aromatic nitrogens is 1. The zero-order chi connectivity index (χ0) is 17.1. The van der Waals surface area contributed by atoms with E-state index in [1.54, 1.807) is 31.4 Å². The summed E-state index contributed by atoms with van der Waals surface area (Å²) in [4.78, 5) is 15.1. The highest BCUT2D eigenvalue weighted by Gasteiger charge is 2.12. The summed E-state index contributed by atoms with van der Waals surface area (Å²) < 4.78 is 5.14. The van der Waals surface area contributed by atoms with Crippen molar-refractivity contribution in [2.24, 2.45) is 0 Å². The van der Waals surface area contributed by atoms with Crippen LogP contribution in [0.1, 0.15) is 5.56 Å². The fraction of sp³-hybridized carbons (Fsp3) is 0.0526. The zero-order valence-corrected chi connectivity index (χ0v) is 13.6. The quantitative estimate of drug-likeness (QED) is 0.777. The van der Waals surface area contributed by atoms with Crippen LogP contribution in [-0.2, 0) is 0 Å². The standard InChI is InChI=1S/C19H13ClN2O2/c1-24-15-7-5-12(6-8-15)18-10-16(17(11-21)19(23)22-18)13-3-2-4-14(20)9-13/h2-10H,1H3,(H,22,23). The number of methoxy groups -OCH3 is 1. The molecule has 0 radical (unpaired) electrons. The van der Waals surface area contributed by atoms with Gasteiger partial charge in [0.25, 0.3) is 5.56 Å². The molecule has 0 aliphatic carbocycles. The molecule has 5 heteroatoms. The second-order valence-corrected chi connectivity index (χ2v) is 5.59. The van der Waals surface area contributed by atoms with E-state index >= 15 is 0 Å². The molecule has 4 nitrogen and oxygen atoms in total. The molecule has 118 valence electrons. The number of nitrogens with one attached hydrogen (secondary N) is 1. The minimum atomic E-state index is -0.430. The van der Waals surface area contributed by atoms with Crippen LogP contribution in [0.25, 0.3) is 22.4 Å². The molecule has 24 heavy (non-hydrogen) atoms. The molecule has 0 spiro atoms. The van der Waals surface area contributed by atoms with Crippen molar-refractivity contribution in [2.75, 3.05) is 7.11 Å². The van der Waals surface area contributed by atoms with Gasteiger partial charge in [-0.3, -0.25) is 4.79 Å². The van der Waals surface area contributed by atoms with Crippen LogP contribution in [0.15, 0.2) is 59.4 Å². The van der Waals surface area contributed by atoms with E-state index in [4.69, 9.17) is 16.3 Å². The van der Waals surface area contributed by atoms with Gasteiger partial charge < -0.3 is 9.72 Å². The van der Waals surface area contributed by atoms with Crippen LogP contribution >= 0.6 is 11.6 Å². The molecule has 0 aliphatic heterocycles. The van der Waals surface area contributed by atoms with Crippen molar-refractivity contribution in [3.8, 4) is 34.2 Å². The number of rotatable bonds is 3. The van der Waals surface area contributed by atoms with Gasteiger partial charge in [-0.15, -0.1) is 0 Å². The van der Waals surface area contributed by atoms with E-state index in [1.165, 1.54) is 0 Å². The lowest BCUT2D eigenvalue weighted by Crippen LogP contribution is -2.12. The maximum Gasteiger partial charge on any atom is 0.266 e. The maximum absolute atomic E-state index is 12.3. The lowest BCUT2D eigenvalue weighted by molar-refractivity contribution is 0.415. The number of hydrogen-bond donors (Lipinski definition) is 1. The fourth-order valence-corrected chi connectivity index (χ4v) is 2.67. The van der Waals surface area contributed by atoms with Crippen LogP contribution in [0, 0.1) is 11.3 Å². The topological polar surface area (TPSA) is 65.9 Å². The SMILES string of the molecule is COc1ccc(-c2cc(-c3cccc(Cl)c3)c(C#N)c(=O)[nH]2)cc1. The molecule has 0 saturated heterocycles. The molecule has 0 aliphatic rings. The van der Waals surface area contributed by atoms with Crippen molar-refractivity contribution in [1.82, 2.24) is 4.98 Å². The van der Waals surface area contributed by atoms with Gasteiger partial charge in [0.15, 0.2) is 0 Å². The number of halogens is 1. The van der Waals surface area contributed by atoms with E-state index in [9.17, 15) is 10.1 Å². The lowest BCUT2D eigenvalue weighted by Gasteiger charge is -2.09. The zero-order valence-electron chi connectivity index (χ0n) is 12.8. The number of hydrogen-bond acceptors (Lipinski definition) is 3. The number of aromatic amines is 1. The Hall–Kier alpha value is -3.03. The van der Waals surface area contributed by atoms with Gasteiger partial charge >= 0.3 is 0 Å². The second kappa shape index (κ2) is 6.61. The molecule has 2 aromatic carbocycles. The summed E-state index contributed by atoms with van der Waals surface area (Å²) in [5.74, 6) is 0.727. The number of benzene rings is 2. The Labute approximate surface area is 143 Å². The van der Waals surface area contributed by atoms with Gasteiger partial charge in [0.2, 0.25) is 0 Å². The van der Waals surface area contributed by atoms with E-state index < -0.39 is 5.56 Å². The first-order valence-electron chi connectivity index (χ1n) is 7.20. The van der Waals surface area contributed by atoms with Crippen molar-refractivity contribution < 1.29 is 4.74 Å². The van der Waals surface area contributed by atoms with Gasteiger partial charge in [-0.05, 0) is 53.6 Å². The van der Waals surface area contributed by atoms with Gasteiger partial charge in [0.1, 0.15) is 17.4 Å². The van der Waals surface area contributed by atoms with E-state index in [1.807, 2.05) is 36.4 Å². The number of ether oxygens (including phenoxy) is 1. The second-order valence-electron chi connectivity index (χ2n) is 5.15. The third-order valence-electron chi connectivity index (χ3n) is 3.68. The molecule has 0 amide bonds. The summed E-state index contributed by atoms with van der Waals surface area (Å²) in [6.07, 6.45) is 0. The predicted molar refractivity (Wildman–Crippen MR) is 94.2 cm³/mol. The molecule has 3 aromatic rings. The maximum atomic E-state index is 12.3. The smallest absolute Gasteiger partial charge is 0.266 e. The van der Waals surface area contributed by atoms with Crippen molar-refractivity contribution in [1.29, 1.82) is 5.26 Å². The first kappa shape index (κ1) is 15.9. The highest BCUT2D eigenvalue weighted by Crippen LogP contribution is 2.28. The third-order valence-corrected chi connectivity index (χ3v) is 3.92. The normalized spacial score (nSPS) is 10.2. The van der Waals surface area contributed by atoms with E-state index in [-0.39, 0.29) is 5.56 Å². The van der Waals surface area contributed by atoms with Crippen molar-refractivity contribution in [3.05, 3.63) is 75.5 Å². The lowest BCUT2D eigenvalue weighted by atomic mass is 9.99. The average Bonchev–Trinajstić information content (AvgIpc) is 2.61. The van der Waals surface area contributed by atoms with Gasteiger partial charge in [-0.25, -0.2) is 0 Å². The predicted octanol–water partition coefficient (Wildman–Crippen LogP) is 4.24. The van der Waals surface area contributed by atoms with Crippen molar-refractivity contribution in [2.45, 2.75) is 0 Å². The van der Waals surface area contributed by atoms with Crippen LogP contribution in [0.5, 0.6) is 5.75 Å². The highest BCUT2D eigenvalue weighted by molar-refractivity contribution is 6.30. The summed E-state index contributed by atoms with van der Waals surface area (Å²) in [5.41, 5.74) is 2.35. The molecule has 0 unspecified atom stereocenters. The Morgan fingerprint density at radius 2 is 1.83 bits per heavy atom. The average molecular weight is 337 g/mol. The van der Waals surface area contributed by atoms with Crippen LogP contribution in [0.3, 0.4) is 0 Å². The van der Waals surface area contributed by atoms with Crippen LogP contribution in [0.4, 0.5) is 0 Å². The summed E-state index contributed by atoms with van der Waals surface area (Å²) in [7, 11) is 1.59. The molecule has 0 saturated carbocycles. The van der Waals surface area contributed by atoms with Crippen LogP contribution in [0.2, 0.25) is 5.02 Å². The number of nitriles is 1. The molecule has 0 bridgehead atoms. The Kier molecular flexibility index (Phi) is 4.37. The molecule has 1 N–H and O–H groups in total. The largest absolute Gasteiger partial charge is 0.497 e. The summed E-state index contributed by atoms with van der Waals surface area (Å²) in [5, 5.41) is 9.88. The van der Waals surface area contributed by atoms with E-state index in [2.05, 4.69) is 4.98 Å². The highest BCUT2D eigenvalue weighted by atomic mass is 35.5. The minimum absolute atomic E-state index is 0.0644. The Balaban J connectivity index is 2.20. The number of pyridine rings is 1. The fourth-order valence-electron chi connectivity index (χ4n) is 2.48. The first-order valence-corrected chi connectivity index (χ1v) is 7.58. The van der Waals surface area contributed by atoms with Crippen LogP contribution in [-0.4, -0.2) is 12.1 Å². The Morgan fingerprint density at radius 1 is 1.08 bits per heavy atom. The molecule has 1 heterocycles. The molecule has 1 aromatic heterocycles. The number of H-pyrrole nitrogens is 1. The van der Waals surface area contributed by atoms with Crippen molar-refractivity contribution >= 4 is 11.6 Å². The summed E-state index contributed by atoms with van der Waals surface area (Å²) in [6, 6.07) is 18.1. The van der Waals surface area contributed by atoms with Crippen molar-refractivity contribution in [3.63, 3.8) is 0 Å². The summed E-state index contributed by atoms with van der Waals surface area (Å²) in [6.45, 7) is 0. The Bertz CT molecular complexity index is 985. The first-order chi connectivity index (χ1) is 11.6. The van der Waals surface area contributed by atoms with Gasteiger partial charge in [-0.2, -0.15) is 5.26 Å². The molecular formula is C19H13ClN2O2. The molecular weight excluding hydrogens is 324 g/mol.